The molecule has 3 amide bonds. The Morgan fingerprint density at radius 3 is 2.30 bits per heavy atom. The van der Waals surface area contributed by atoms with Crippen LogP contribution in [0.25, 0.3) is 10.2 Å². The Bertz CT molecular complexity index is 1010. The third kappa shape index (κ3) is 2.90. The fourth-order valence-electron chi connectivity index (χ4n) is 3.08. The van der Waals surface area contributed by atoms with Gasteiger partial charge in [0.2, 0.25) is 5.91 Å². The van der Waals surface area contributed by atoms with Crippen molar-refractivity contribution in [1.29, 1.82) is 0 Å². The van der Waals surface area contributed by atoms with Crippen LogP contribution in [-0.4, -0.2) is 46.1 Å². The molecule has 0 fully saturated rings. The number of para-hydroxylation sites is 1. The maximum absolute atomic E-state index is 12.7. The topological polar surface area (TPSA) is 70.6 Å². The molecule has 1 aromatic heterocycles. The van der Waals surface area contributed by atoms with E-state index in [0.717, 1.165) is 20.1 Å². The van der Waals surface area contributed by atoms with Crippen molar-refractivity contribution in [2.24, 2.45) is 0 Å². The summed E-state index contributed by atoms with van der Waals surface area (Å²) in [6, 6.07) is 14.2. The highest BCUT2D eigenvalue weighted by atomic mass is 32.1. The Hall–Kier alpha value is -3.06. The van der Waals surface area contributed by atoms with Gasteiger partial charge in [-0.15, -0.1) is 11.3 Å². The molecule has 136 valence electrons. The molecule has 1 atom stereocenters. The molecule has 2 aromatic carbocycles. The normalized spacial score (nSPS) is 14.5. The van der Waals surface area contributed by atoms with Gasteiger partial charge in [0.25, 0.3) is 11.8 Å². The van der Waals surface area contributed by atoms with E-state index in [9.17, 15) is 14.4 Å². The zero-order valence-electron chi connectivity index (χ0n) is 14.9. The van der Waals surface area contributed by atoms with E-state index >= 15 is 0 Å². The number of nitrogens with zero attached hydrogens (tertiary/aromatic N) is 3. The van der Waals surface area contributed by atoms with Gasteiger partial charge in [0.15, 0.2) is 0 Å². The zero-order valence-corrected chi connectivity index (χ0v) is 15.7. The number of benzene rings is 2. The van der Waals surface area contributed by atoms with Gasteiger partial charge in [-0.1, -0.05) is 24.3 Å². The summed E-state index contributed by atoms with van der Waals surface area (Å²) in [4.78, 5) is 44.7. The van der Waals surface area contributed by atoms with Crippen molar-refractivity contribution in [3.8, 4) is 0 Å². The van der Waals surface area contributed by atoms with Crippen LogP contribution in [0, 0.1) is 0 Å². The lowest BCUT2D eigenvalue weighted by molar-refractivity contribution is -0.132. The molecule has 7 heteroatoms. The maximum atomic E-state index is 12.7. The Morgan fingerprint density at radius 1 is 1.07 bits per heavy atom. The van der Waals surface area contributed by atoms with Crippen LogP contribution in [0.1, 0.15) is 38.7 Å². The third-order valence-corrected chi connectivity index (χ3v) is 6.02. The molecule has 0 saturated carbocycles. The van der Waals surface area contributed by atoms with Crippen molar-refractivity contribution in [2.75, 3.05) is 13.6 Å². The molecule has 0 bridgehead atoms. The summed E-state index contributed by atoms with van der Waals surface area (Å²) in [5.74, 6) is -1.16. The van der Waals surface area contributed by atoms with Crippen molar-refractivity contribution >= 4 is 39.3 Å². The average molecular weight is 379 g/mol. The lowest BCUT2D eigenvalue weighted by atomic mass is 10.1. The molecule has 0 radical (unpaired) electrons. The minimum atomic E-state index is -0.426. The minimum absolute atomic E-state index is 0.259. The molecule has 0 spiro atoms. The minimum Gasteiger partial charge on any atom is -0.335 e. The fraction of sp³-hybridized carbons (Fsp3) is 0.200. The smallest absolute Gasteiger partial charge is 0.262 e. The Kier molecular flexibility index (Phi) is 4.24. The van der Waals surface area contributed by atoms with Crippen LogP contribution in [0.2, 0.25) is 0 Å². The van der Waals surface area contributed by atoms with Gasteiger partial charge >= 0.3 is 0 Å². The van der Waals surface area contributed by atoms with Crippen LogP contribution in [0.4, 0.5) is 0 Å². The second kappa shape index (κ2) is 6.59. The predicted molar refractivity (Wildman–Crippen MR) is 103 cm³/mol. The standard InChI is InChI=1S/C20H17N3O3S/c1-12(18-21-15-9-5-6-10-16(15)27-18)22(2)17(24)11-23-19(25)13-7-3-4-8-14(13)20(23)26/h3-10,12H,11H2,1-2H3/t12-/m1/s1. The Balaban J connectivity index is 1.51. The summed E-state index contributed by atoms with van der Waals surface area (Å²) in [5.41, 5.74) is 1.58. The summed E-state index contributed by atoms with van der Waals surface area (Å²) >= 11 is 1.53. The molecule has 1 aliphatic rings. The molecule has 6 nitrogen and oxygen atoms in total. The van der Waals surface area contributed by atoms with Crippen LogP contribution in [0.3, 0.4) is 0 Å². The number of hydrogen-bond donors (Lipinski definition) is 0. The van der Waals surface area contributed by atoms with Crippen LogP contribution >= 0.6 is 11.3 Å². The third-order valence-electron chi connectivity index (χ3n) is 4.81. The van der Waals surface area contributed by atoms with Gasteiger partial charge in [0.1, 0.15) is 11.6 Å². The van der Waals surface area contributed by atoms with Crippen molar-refractivity contribution in [3.63, 3.8) is 0 Å². The van der Waals surface area contributed by atoms with Gasteiger partial charge in [0, 0.05) is 7.05 Å². The quantitative estimate of drug-likeness (QED) is 0.653. The predicted octanol–water partition coefficient (Wildman–Crippen LogP) is 3.11. The first-order chi connectivity index (χ1) is 13.0. The van der Waals surface area contributed by atoms with Crippen molar-refractivity contribution in [2.45, 2.75) is 13.0 Å². The summed E-state index contributed by atoms with van der Waals surface area (Å²) in [6.07, 6.45) is 0. The van der Waals surface area contributed by atoms with Crippen LogP contribution < -0.4 is 0 Å². The highest BCUT2D eigenvalue weighted by molar-refractivity contribution is 7.18. The van der Waals surface area contributed by atoms with Crippen LogP contribution in [-0.2, 0) is 4.79 Å². The molecule has 0 N–H and O–H groups in total. The molecule has 0 saturated heterocycles. The van der Waals surface area contributed by atoms with Crippen molar-refractivity contribution < 1.29 is 14.4 Å². The molecule has 3 aromatic rings. The fourth-order valence-corrected chi connectivity index (χ4v) is 4.14. The Labute approximate surface area is 160 Å². The van der Waals surface area contributed by atoms with E-state index in [1.54, 1.807) is 31.3 Å². The lowest BCUT2D eigenvalue weighted by Gasteiger charge is -2.25. The summed E-state index contributed by atoms with van der Waals surface area (Å²) < 4.78 is 1.06. The summed E-state index contributed by atoms with van der Waals surface area (Å²) in [6.45, 7) is 1.61. The van der Waals surface area contributed by atoms with Crippen LogP contribution in [0.5, 0.6) is 0 Å². The van der Waals surface area contributed by atoms with Crippen molar-refractivity contribution in [3.05, 3.63) is 64.7 Å². The Morgan fingerprint density at radius 2 is 1.67 bits per heavy atom. The van der Waals surface area contributed by atoms with Gasteiger partial charge in [0.05, 0.1) is 27.4 Å². The van der Waals surface area contributed by atoms with E-state index in [-0.39, 0.29) is 18.5 Å². The average Bonchev–Trinajstić information content (AvgIpc) is 3.22. The number of imide groups is 1. The number of aromatic nitrogens is 1. The molecule has 1 aliphatic heterocycles. The number of hydrogen-bond acceptors (Lipinski definition) is 5. The monoisotopic (exact) mass is 379 g/mol. The lowest BCUT2D eigenvalue weighted by Crippen LogP contribution is -2.42. The largest absolute Gasteiger partial charge is 0.335 e. The van der Waals surface area contributed by atoms with E-state index in [2.05, 4.69) is 4.98 Å². The molecule has 4 rings (SSSR count). The molecular formula is C20H17N3O3S. The maximum Gasteiger partial charge on any atom is 0.262 e. The molecular weight excluding hydrogens is 362 g/mol. The first-order valence-electron chi connectivity index (χ1n) is 8.53. The summed E-state index contributed by atoms with van der Waals surface area (Å²) in [7, 11) is 1.66. The van der Waals surface area contributed by atoms with E-state index in [1.165, 1.54) is 16.2 Å². The molecule has 27 heavy (non-hydrogen) atoms. The number of amides is 3. The second-order valence-corrected chi connectivity index (χ2v) is 7.50. The van der Waals surface area contributed by atoms with Gasteiger partial charge in [-0.25, -0.2) is 4.98 Å². The van der Waals surface area contributed by atoms with E-state index in [1.807, 2.05) is 31.2 Å². The first kappa shape index (κ1) is 17.4. The number of fused-ring (bicyclic) bond motifs is 2. The highest BCUT2D eigenvalue weighted by Crippen LogP contribution is 2.29. The second-order valence-electron chi connectivity index (χ2n) is 6.44. The zero-order chi connectivity index (χ0) is 19.1. The SMILES string of the molecule is C[C@H](c1nc2ccccc2s1)N(C)C(=O)CN1C(=O)c2ccccc2C1=O. The van der Waals surface area contributed by atoms with E-state index in [4.69, 9.17) is 0 Å². The molecule has 2 heterocycles. The number of carbonyl (C=O) groups is 3. The van der Waals surface area contributed by atoms with Gasteiger partial charge < -0.3 is 4.90 Å². The van der Waals surface area contributed by atoms with Crippen LogP contribution in [0.15, 0.2) is 48.5 Å². The number of thiazole rings is 1. The molecule has 0 aliphatic carbocycles. The van der Waals surface area contributed by atoms with Gasteiger partial charge in [-0.3, -0.25) is 19.3 Å². The van der Waals surface area contributed by atoms with E-state index in [0.29, 0.717) is 11.1 Å². The number of rotatable bonds is 4. The number of carbonyl (C=O) groups excluding carboxylic acids is 3. The summed E-state index contributed by atoms with van der Waals surface area (Å²) in [5, 5.41) is 0.814. The highest BCUT2D eigenvalue weighted by Gasteiger charge is 2.37. The van der Waals surface area contributed by atoms with Crippen molar-refractivity contribution in [1.82, 2.24) is 14.8 Å². The van der Waals surface area contributed by atoms with Gasteiger partial charge in [-0.05, 0) is 31.2 Å². The van der Waals surface area contributed by atoms with Gasteiger partial charge in [-0.2, -0.15) is 0 Å². The first-order valence-corrected chi connectivity index (χ1v) is 9.35. The van der Waals surface area contributed by atoms with E-state index < -0.39 is 11.8 Å². The number of likely N-dealkylation sites (N-methyl/N-ethyl adjacent to an activating group) is 1. The molecule has 0 unspecified atom stereocenters.